The molecule has 3 aromatic rings. The highest BCUT2D eigenvalue weighted by Gasteiger charge is 2.16. The molecule has 152 valence electrons. The van der Waals surface area contributed by atoms with Crippen LogP contribution in [0.25, 0.3) is 10.8 Å². The van der Waals surface area contributed by atoms with Crippen molar-refractivity contribution in [2.24, 2.45) is 0 Å². The Kier molecular flexibility index (Phi) is 6.64. The minimum atomic E-state index is -3.62. The van der Waals surface area contributed by atoms with Crippen molar-refractivity contribution in [3.05, 3.63) is 77.9 Å². The van der Waals surface area contributed by atoms with Crippen molar-refractivity contribution in [1.82, 2.24) is 10.0 Å². The van der Waals surface area contributed by atoms with Crippen molar-refractivity contribution in [3.63, 3.8) is 0 Å². The number of amides is 1. The van der Waals surface area contributed by atoms with Crippen LogP contribution in [0, 0.1) is 0 Å². The van der Waals surface area contributed by atoms with Crippen LogP contribution in [-0.4, -0.2) is 34.6 Å². The maximum Gasteiger partial charge on any atom is 0.251 e. The maximum atomic E-state index is 12.6. The summed E-state index contributed by atoms with van der Waals surface area (Å²) in [6.45, 7) is 2.39. The molecule has 2 N–H and O–H groups in total. The van der Waals surface area contributed by atoms with Gasteiger partial charge in [-0.15, -0.1) is 0 Å². The molecule has 0 aromatic heterocycles. The molecule has 0 heterocycles. The van der Waals surface area contributed by atoms with Gasteiger partial charge in [-0.1, -0.05) is 36.4 Å². The fourth-order valence-electron chi connectivity index (χ4n) is 2.99. The van der Waals surface area contributed by atoms with Crippen LogP contribution in [0.5, 0.6) is 0 Å². The predicted octanol–water partition coefficient (Wildman–Crippen LogP) is 3.26. The van der Waals surface area contributed by atoms with E-state index in [4.69, 9.17) is 4.74 Å². The molecule has 3 aromatic carbocycles. The standard InChI is InChI=1S/C22H24N2O4S/c1-16(19-8-7-17-5-3-4-6-20(17)15-19)24-22(25)18-9-11-21(12-10-18)29(26,27)23-13-14-28-2/h3-12,15-16,23H,13-14H2,1-2H3,(H,24,25)/t16-/m1/s1. The Bertz CT molecular complexity index is 1100. The number of ether oxygens (including phenoxy) is 1. The quantitative estimate of drug-likeness (QED) is 0.556. The van der Waals surface area contributed by atoms with Gasteiger partial charge >= 0.3 is 0 Å². The summed E-state index contributed by atoms with van der Waals surface area (Å²) in [4.78, 5) is 12.7. The molecule has 1 amide bonds. The van der Waals surface area contributed by atoms with Gasteiger partial charge in [-0.05, 0) is 53.6 Å². The molecule has 7 heteroatoms. The molecule has 0 saturated carbocycles. The zero-order valence-corrected chi connectivity index (χ0v) is 17.2. The number of carbonyl (C=O) groups excluding carboxylic acids is 1. The lowest BCUT2D eigenvalue weighted by Gasteiger charge is -2.15. The normalized spacial score (nSPS) is 12.6. The van der Waals surface area contributed by atoms with E-state index in [0.717, 1.165) is 16.3 Å². The van der Waals surface area contributed by atoms with Crippen LogP contribution in [0.15, 0.2) is 71.6 Å². The maximum absolute atomic E-state index is 12.6. The van der Waals surface area contributed by atoms with E-state index in [0.29, 0.717) is 5.56 Å². The molecule has 0 aliphatic heterocycles. The third kappa shape index (κ3) is 5.20. The highest BCUT2D eigenvalue weighted by Crippen LogP contribution is 2.21. The molecule has 0 unspecified atom stereocenters. The monoisotopic (exact) mass is 412 g/mol. The van der Waals surface area contributed by atoms with Crippen LogP contribution in [0.1, 0.15) is 28.9 Å². The van der Waals surface area contributed by atoms with E-state index in [2.05, 4.69) is 16.1 Å². The average molecular weight is 413 g/mol. The van der Waals surface area contributed by atoms with Gasteiger partial charge in [-0.2, -0.15) is 0 Å². The van der Waals surface area contributed by atoms with Crippen molar-refractivity contribution < 1.29 is 17.9 Å². The largest absolute Gasteiger partial charge is 0.383 e. The van der Waals surface area contributed by atoms with Crippen molar-refractivity contribution in [2.45, 2.75) is 17.9 Å². The minimum Gasteiger partial charge on any atom is -0.383 e. The molecule has 0 radical (unpaired) electrons. The lowest BCUT2D eigenvalue weighted by Crippen LogP contribution is -2.28. The Morgan fingerprint density at radius 1 is 1.00 bits per heavy atom. The number of rotatable bonds is 8. The third-order valence-electron chi connectivity index (χ3n) is 4.65. The number of fused-ring (bicyclic) bond motifs is 1. The van der Waals surface area contributed by atoms with Gasteiger partial charge in [0.15, 0.2) is 0 Å². The van der Waals surface area contributed by atoms with Crippen LogP contribution in [0.3, 0.4) is 0 Å². The van der Waals surface area contributed by atoms with E-state index in [1.807, 2.05) is 43.3 Å². The lowest BCUT2D eigenvalue weighted by molar-refractivity contribution is 0.0940. The Morgan fingerprint density at radius 3 is 2.38 bits per heavy atom. The van der Waals surface area contributed by atoms with Gasteiger partial charge in [0.2, 0.25) is 10.0 Å². The van der Waals surface area contributed by atoms with Gasteiger partial charge in [0, 0.05) is 19.2 Å². The van der Waals surface area contributed by atoms with Crippen LogP contribution in [0.4, 0.5) is 0 Å². The summed E-state index contributed by atoms with van der Waals surface area (Å²) in [5, 5.41) is 5.21. The van der Waals surface area contributed by atoms with Crippen molar-refractivity contribution >= 4 is 26.7 Å². The third-order valence-corrected chi connectivity index (χ3v) is 6.12. The molecule has 0 spiro atoms. The van der Waals surface area contributed by atoms with Crippen LogP contribution in [-0.2, 0) is 14.8 Å². The molecule has 29 heavy (non-hydrogen) atoms. The second-order valence-corrected chi connectivity index (χ2v) is 8.48. The highest BCUT2D eigenvalue weighted by molar-refractivity contribution is 7.89. The van der Waals surface area contributed by atoms with Crippen molar-refractivity contribution in [3.8, 4) is 0 Å². The van der Waals surface area contributed by atoms with Gasteiger partial charge in [-0.25, -0.2) is 13.1 Å². The first-order chi connectivity index (χ1) is 13.9. The Hall–Kier alpha value is -2.74. The first kappa shape index (κ1) is 21.0. The zero-order chi connectivity index (χ0) is 20.9. The van der Waals surface area contributed by atoms with Crippen LogP contribution < -0.4 is 10.0 Å². The van der Waals surface area contributed by atoms with Crippen LogP contribution in [0.2, 0.25) is 0 Å². The lowest BCUT2D eigenvalue weighted by atomic mass is 10.0. The zero-order valence-electron chi connectivity index (χ0n) is 16.4. The van der Waals surface area contributed by atoms with Gasteiger partial charge in [-0.3, -0.25) is 4.79 Å². The molecule has 6 nitrogen and oxygen atoms in total. The first-order valence-electron chi connectivity index (χ1n) is 9.29. The molecule has 1 atom stereocenters. The first-order valence-corrected chi connectivity index (χ1v) is 10.8. The summed E-state index contributed by atoms with van der Waals surface area (Å²) in [5.41, 5.74) is 1.40. The van der Waals surface area contributed by atoms with E-state index in [9.17, 15) is 13.2 Å². The van der Waals surface area contributed by atoms with Crippen molar-refractivity contribution in [1.29, 1.82) is 0 Å². The molecule has 3 rings (SSSR count). The topological polar surface area (TPSA) is 84.5 Å². The fraction of sp³-hybridized carbons (Fsp3) is 0.227. The average Bonchev–Trinajstić information content (AvgIpc) is 2.73. The molecule has 0 aliphatic rings. The number of methoxy groups -OCH3 is 1. The number of sulfonamides is 1. The Morgan fingerprint density at radius 2 is 1.69 bits per heavy atom. The predicted molar refractivity (Wildman–Crippen MR) is 113 cm³/mol. The van der Waals surface area contributed by atoms with Crippen LogP contribution >= 0.6 is 0 Å². The summed E-state index contributed by atoms with van der Waals surface area (Å²) in [6, 6.07) is 19.8. The second-order valence-electron chi connectivity index (χ2n) is 6.72. The number of hydrogen-bond acceptors (Lipinski definition) is 4. The SMILES string of the molecule is COCCNS(=O)(=O)c1ccc(C(=O)N[C@H](C)c2ccc3ccccc3c2)cc1. The molecule has 0 saturated heterocycles. The molecular formula is C22H24N2O4S. The summed E-state index contributed by atoms with van der Waals surface area (Å²) in [7, 11) is -2.12. The highest BCUT2D eigenvalue weighted by atomic mass is 32.2. The minimum absolute atomic E-state index is 0.104. The van der Waals surface area contributed by atoms with E-state index in [-0.39, 0.29) is 30.0 Å². The fourth-order valence-corrected chi connectivity index (χ4v) is 4.00. The Labute approximate surface area is 170 Å². The number of hydrogen-bond donors (Lipinski definition) is 2. The Balaban J connectivity index is 1.68. The molecule has 0 aliphatic carbocycles. The summed E-state index contributed by atoms with van der Waals surface area (Å²) in [6.07, 6.45) is 0. The van der Waals surface area contributed by atoms with E-state index < -0.39 is 10.0 Å². The molecule has 0 bridgehead atoms. The second kappa shape index (κ2) is 9.17. The summed E-state index contributed by atoms with van der Waals surface area (Å²) >= 11 is 0. The molecular weight excluding hydrogens is 388 g/mol. The van der Waals surface area contributed by atoms with E-state index in [1.54, 1.807) is 0 Å². The number of benzene rings is 3. The number of nitrogens with one attached hydrogen (secondary N) is 2. The summed E-state index contributed by atoms with van der Waals surface area (Å²) in [5.74, 6) is -0.262. The summed E-state index contributed by atoms with van der Waals surface area (Å²) < 4.78 is 31.7. The van der Waals surface area contributed by atoms with E-state index >= 15 is 0 Å². The van der Waals surface area contributed by atoms with Gasteiger partial charge in [0.1, 0.15) is 0 Å². The smallest absolute Gasteiger partial charge is 0.251 e. The van der Waals surface area contributed by atoms with Gasteiger partial charge in [0.05, 0.1) is 17.5 Å². The van der Waals surface area contributed by atoms with Gasteiger partial charge < -0.3 is 10.1 Å². The molecule has 0 fully saturated rings. The van der Waals surface area contributed by atoms with Crippen molar-refractivity contribution in [2.75, 3.05) is 20.3 Å². The van der Waals surface area contributed by atoms with E-state index in [1.165, 1.54) is 31.4 Å². The van der Waals surface area contributed by atoms with Gasteiger partial charge in [0.25, 0.3) is 5.91 Å². The number of carbonyl (C=O) groups is 1.